The van der Waals surface area contributed by atoms with Gasteiger partial charge in [-0.25, -0.2) is 14.4 Å². The van der Waals surface area contributed by atoms with Crippen LogP contribution in [0.25, 0.3) is 0 Å². The summed E-state index contributed by atoms with van der Waals surface area (Å²) >= 11 is 1.62. The summed E-state index contributed by atoms with van der Waals surface area (Å²) in [5, 5.41) is 0.986. The summed E-state index contributed by atoms with van der Waals surface area (Å²) in [5.74, 6) is -0.327. The highest BCUT2D eigenvalue weighted by molar-refractivity contribution is 7.11. The zero-order valence-corrected chi connectivity index (χ0v) is 14.6. The van der Waals surface area contributed by atoms with Crippen LogP contribution in [0.2, 0.25) is 0 Å². The van der Waals surface area contributed by atoms with Crippen LogP contribution in [0.4, 0.5) is 4.39 Å². The molecule has 2 aromatic rings. The van der Waals surface area contributed by atoms with E-state index in [4.69, 9.17) is 4.74 Å². The predicted octanol–water partition coefficient (Wildman–Crippen LogP) is 2.91. The van der Waals surface area contributed by atoms with Gasteiger partial charge >= 0.3 is 0 Å². The first-order chi connectivity index (χ1) is 11.5. The topological polar surface area (TPSA) is 55.3 Å². The molecule has 1 aliphatic rings. The van der Waals surface area contributed by atoms with E-state index in [0.29, 0.717) is 32.4 Å². The molecule has 0 unspecified atom stereocenters. The van der Waals surface area contributed by atoms with Gasteiger partial charge in [0, 0.05) is 37.0 Å². The summed E-state index contributed by atoms with van der Waals surface area (Å²) in [6.07, 6.45) is 3.10. The van der Waals surface area contributed by atoms with Crippen molar-refractivity contribution in [1.82, 2.24) is 14.9 Å². The number of amides is 1. The second kappa shape index (κ2) is 7.25. The van der Waals surface area contributed by atoms with Crippen molar-refractivity contribution in [3.05, 3.63) is 39.7 Å². The van der Waals surface area contributed by atoms with Crippen LogP contribution in [0.5, 0.6) is 5.88 Å². The van der Waals surface area contributed by atoms with Crippen LogP contribution in [-0.2, 0) is 11.2 Å². The largest absolute Gasteiger partial charge is 0.472 e. The number of rotatable bonds is 4. The average molecular weight is 349 g/mol. The number of hydrogen-bond acceptors (Lipinski definition) is 5. The molecule has 0 bridgehead atoms. The molecule has 1 fully saturated rings. The Morgan fingerprint density at radius 3 is 2.79 bits per heavy atom. The number of carbonyl (C=O) groups is 1. The molecule has 1 aliphatic heterocycles. The molecular formula is C17H20FN3O2S. The van der Waals surface area contributed by atoms with Crippen LogP contribution in [0.15, 0.2) is 18.3 Å². The van der Waals surface area contributed by atoms with Crippen LogP contribution >= 0.6 is 11.3 Å². The molecule has 24 heavy (non-hydrogen) atoms. The number of thiazole rings is 1. The molecule has 5 nitrogen and oxygen atoms in total. The molecule has 0 spiro atoms. The first kappa shape index (κ1) is 16.8. The third-order valence-corrected chi connectivity index (χ3v) is 5.04. The van der Waals surface area contributed by atoms with Crippen molar-refractivity contribution >= 4 is 17.2 Å². The number of aryl methyl sites for hydroxylation is 2. The highest BCUT2D eigenvalue weighted by Gasteiger charge is 2.25. The number of nitrogens with zero attached hydrogens (tertiary/aromatic N) is 3. The van der Waals surface area contributed by atoms with Gasteiger partial charge in [0.2, 0.25) is 5.91 Å². The van der Waals surface area contributed by atoms with E-state index >= 15 is 0 Å². The third-order valence-electron chi connectivity index (χ3n) is 4.12. The summed E-state index contributed by atoms with van der Waals surface area (Å²) in [5.41, 5.74) is 0.872. The Balaban J connectivity index is 1.52. The van der Waals surface area contributed by atoms with E-state index in [9.17, 15) is 9.18 Å². The summed E-state index contributed by atoms with van der Waals surface area (Å²) < 4.78 is 19.2. The molecule has 3 rings (SSSR count). The maximum absolute atomic E-state index is 13.6. The number of ether oxygens (including phenoxy) is 1. The van der Waals surface area contributed by atoms with Crippen LogP contribution in [0.3, 0.4) is 0 Å². The lowest BCUT2D eigenvalue weighted by Crippen LogP contribution is -2.42. The normalized spacial score (nSPS) is 15.5. The van der Waals surface area contributed by atoms with Crippen LogP contribution in [0.1, 0.15) is 28.4 Å². The summed E-state index contributed by atoms with van der Waals surface area (Å²) in [7, 11) is 0. The fourth-order valence-corrected chi connectivity index (χ4v) is 3.66. The lowest BCUT2D eigenvalue weighted by atomic mass is 10.1. The summed E-state index contributed by atoms with van der Waals surface area (Å²) in [4.78, 5) is 23.7. The van der Waals surface area contributed by atoms with Crippen molar-refractivity contribution in [2.45, 2.75) is 39.2 Å². The second-order valence-electron chi connectivity index (χ2n) is 5.90. The van der Waals surface area contributed by atoms with E-state index in [0.717, 1.165) is 15.6 Å². The van der Waals surface area contributed by atoms with Crippen molar-refractivity contribution in [3.8, 4) is 5.88 Å². The van der Waals surface area contributed by atoms with Crippen molar-refractivity contribution in [2.75, 3.05) is 13.1 Å². The average Bonchev–Trinajstić information content (AvgIpc) is 2.88. The Bertz CT molecular complexity index is 726. The van der Waals surface area contributed by atoms with Crippen LogP contribution in [-0.4, -0.2) is 40.0 Å². The van der Waals surface area contributed by atoms with E-state index in [-0.39, 0.29) is 17.9 Å². The van der Waals surface area contributed by atoms with Gasteiger partial charge in [-0.15, -0.1) is 11.3 Å². The number of carbonyl (C=O) groups excluding carboxylic acids is 1. The maximum Gasteiger partial charge on any atom is 0.250 e. The smallest absolute Gasteiger partial charge is 0.250 e. The fraction of sp³-hybridized carbons (Fsp3) is 0.471. The van der Waals surface area contributed by atoms with E-state index in [1.54, 1.807) is 11.3 Å². The molecule has 0 N–H and O–H groups in total. The minimum absolute atomic E-state index is 0.0378. The summed E-state index contributed by atoms with van der Waals surface area (Å²) in [6.45, 7) is 5.17. The zero-order chi connectivity index (χ0) is 17.1. The third kappa shape index (κ3) is 3.90. The molecule has 0 aromatic carbocycles. The Kier molecular flexibility index (Phi) is 5.08. The van der Waals surface area contributed by atoms with Gasteiger partial charge in [0.15, 0.2) is 5.82 Å². The lowest BCUT2D eigenvalue weighted by Gasteiger charge is -2.32. The maximum atomic E-state index is 13.6. The first-order valence-corrected chi connectivity index (χ1v) is 8.82. The number of piperidine rings is 1. The summed E-state index contributed by atoms with van der Waals surface area (Å²) in [6, 6.07) is 2.87. The first-order valence-electron chi connectivity index (χ1n) is 8.01. The SMILES string of the molecule is Cc1nc(CC(=O)N2CCC(Oc3ncccc3F)CC2)c(C)s1. The Morgan fingerprint density at radius 2 is 2.17 bits per heavy atom. The van der Waals surface area contributed by atoms with Gasteiger partial charge in [-0.2, -0.15) is 0 Å². The van der Waals surface area contributed by atoms with Crippen molar-refractivity contribution in [3.63, 3.8) is 0 Å². The van der Waals surface area contributed by atoms with Crippen molar-refractivity contribution in [2.24, 2.45) is 0 Å². The number of likely N-dealkylation sites (tertiary alicyclic amines) is 1. The van der Waals surface area contributed by atoms with E-state index < -0.39 is 5.82 Å². The molecular weight excluding hydrogens is 329 g/mol. The molecule has 0 radical (unpaired) electrons. The van der Waals surface area contributed by atoms with Crippen molar-refractivity contribution in [1.29, 1.82) is 0 Å². The predicted molar refractivity (Wildman–Crippen MR) is 89.7 cm³/mol. The van der Waals surface area contributed by atoms with Gasteiger partial charge in [-0.1, -0.05) is 0 Å². The van der Waals surface area contributed by atoms with Crippen LogP contribution in [0, 0.1) is 19.7 Å². The van der Waals surface area contributed by atoms with Gasteiger partial charge in [-0.3, -0.25) is 4.79 Å². The Morgan fingerprint density at radius 1 is 1.42 bits per heavy atom. The highest BCUT2D eigenvalue weighted by atomic mass is 32.1. The quantitative estimate of drug-likeness (QED) is 0.852. The van der Waals surface area contributed by atoms with Gasteiger partial charge in [-0.05, 0) is 26.0 Å². The number of aromatic nitrogens is 2. The van der Waals surface area contributed by atoms with Gasteiger partial charge in [0.05, 0.1) is 17.1 Å². The monoisotopic (exact) mass is 349 g/mol. The number of hydrogen-bond donors (Lipinski definition) is 0. The minimum atomic E-state index is -0.453. The number of halogens is 1. The second-order valence-corrected chi connectivity index (χ2v) is 7.31. The molecule has 1 amide bonds. The minimum Gasteiger partial charge on any atom is -0.472 e. The standard InChI is InChI=1S/C17H20FN3O2S/c1-11-15(20-12(2)24-11)10-16(22)21-8-5-13(6-9-21)23-17-14(18)4-3-7-19-17/h3-4,7,13H,5-6,8-10H2,1-2H3. The van der Waals surface area contributed by atoms with E-state index in [1.165, 1.54) is 18.3 Å². The molecule has 7 heteroatoms. The zero-order valence-electron chi connectivity index (χ0n) is 13.8. The molecule has 0 saturated carbocycles. The molecule has 3 heterocycles. The van der Waals surface area contributed by atoms with E-state index in [2.05, 4.69) is 9.97 Å². The molecule has 128 valence electrons. The van der Waals surface area contributed by atoms with Gasteiger partial charge in [0.25, 0.3) is 5.88 Å². The van der Waals surface area contributed by atoms with E-state index in [1.807, 2.05) is 18.7 Å². The molecule has 0 aliphatic carbocycles. The Hall–Kier alpha value is -2.02. The highest BCUT2D eigenvalue weighted by Crippen LogP contribution is 2.21. The van der Waals surface area contributed by atoms with Crippen molar-refractivity contribution < 1.29 is 13.9 Å². The fourth-order valence-electron chi connectivity index (χ4n) is 2.83. The van der Waals surface area contributed by atoms with Crippen LogP contribution < -0.4 is 4.74 Å². The molecule has 2 aromatic heterocycles. The lowest BCUT2D eigenvalue weighted by molar-refractivity contribution is -0.132. The van der Waals surface area contributed by atoms with Gasteiger partial charge < -0.3 is 9.64 Å². The Labute approximate surface area is 144 Å². The molecule has 1 saturated heterocycles. The number of pyridine rings is 1. The van der Waals surface area contributed by atoms with Gasteiger partial charge in [0.1, 0.15) is 6.10 Å². The molecule has 0 atom stereocenters.